The zero-order valence-electron chi connectivity index (χ0n) is 12.7. The Hall–Kier alpha value is -0.910. The molecule has 5 nitrogen and oxygen atoms in total. The van der Waals surface area contributed by atoms with E-state index in [1.54, 1.807) is 0 Å². The quantitative estimate of drug-likeness (QED) is 0.743. The molecule has 0 aliphatic carbocycles. The van der Waals surface area contributed by atoms with Crippen LogP contribution in [0.25, 0.3) is 0 Å². The number of rotatable bonds is 8. The van der Waals surface area contributed by atoms with E-state index in [-0.39, 0.29) is 0 Å². The summed E-state index contributed by atoms with van der Waals surface area (Å²) in [7, 11) is 1.94. The van der Waals surface area contributed by atoms with Gasteiger partial charge in [-0.05, 0) is 19.8 Å². The van der Waals surface area contributed by atoms with Gasteiger partial charge >= 0.3 is 0 Å². The first kappa shape index (κ1) is 16.1. The standard InChI is InChI=1S/C14H27N3O2/c1-10(2)8-19-9-13(18)6-15-7-14-11(3)16-17(5)12(14)4/h10,13,15,18H,6-9H2,1-5H3. The van der Waals surface area contributed by atoms with Crippen molar-refractivity contribution >= 4 is 0 Å². The van der Waals surface area contributed by atoms with Crippen LogP contribution < -0.4 is 5.32 Å². The largest absolute Gasteiger partial charge is 0.389 e. The summed E-state index contributed by atoms with van der Waals surface area (Å²) >= 11 is 0. The zero-order chi connectivity index (χ0) is 14.4. The fraction of sp³-hybridized carbons (Fsp3) is 0.786. The summed E-state index contributed by atoms with van der Waals surface area (Å²) in [6.07, 6.45) is -0.462. The van der Waals surface area contributed by atoms with E-state index < -0.39 is 6.10 Å². The van der Waals surface area contributed by atoms with Crippen molar-refractivity contribution in [1.29, 1.82) is 0 Å². The molecule has 0 saturated carbocycles. The third kappa shape index (κ3) is 5.30. The number of ether oxygens (including phenoxy) is 1. The number of hydrogen-bond acceptors (Lipinski definition) is 4. The highest BCUT2D eigenvalue weighted by Gasteiger charge is 2.10. The van der Waals surface area contributed by atoms with E-state index in [2.05, 4.69) is 31.2 Å². The minimum Gasteiger partial charge on any atom is -0.389 e. The highest BCUT2D eigenvalue weighted by atomic mass is 16.5. The minimum absolute atomic E-state index is 0.385. The minimum atomic E-state index is -0.462. The van der Waals surface area contributed by atoms with Gasteiger partial charge in [0.15, 0.2) is 0 Å². The van der Waals surface area contributed by atoms with Gasteiger partial charge in [-0.2, -0.15) is 5.10 Å². The first-order valence-electron chi connectivity index (χ1n) is 6.87. The zero-order valence-corrected chi connectivity index (χ0v) is 12.7. The molecule has 1 aromatic heterocycles. The van der Waals surface area contributed by atoms with E-state index in [0.29, 0.717) is 25.7 Å². The highest BCUT2D eigenvalue weighted by molar-refractivity contribution is 5.23. The summed E-state index contributed by atoms with van der Waals surface area (Å²) in [5, 5.41) is 17.4. The first-order valence-corrected chi connectivity index (χ1v) is 6.87. The Kier molecular flexibility index (Phi) is 6.48. The molecule has 1 rings (SSSR count). The Labute approximate surface area is 116 Å². The van der Waals surface area contributed by atoms with E-state index in [1.165, 1.54) is 5.56 Å². The number of aryl methyl sites for hydroxylation is 2. The molecular formula is C14H27N3O2. The van der Waals surface area contributed by atoms with E-state index in [4.69, 9.17) is 4.74 Å². The van der Waals surface area contributed by atoms with Gasteiger partial charge in [0.05, 0.1) is 18.4 Å². The number of nitrogens with one attached hydrogen (secondary N) is 1. The predicted molar refractivity (Wildman–Crippen MR) is 76.1 cm³/mol. The van der Waals surface area contributed by atoms with Crippen molar-refractivity contribution in [2.75, 3.05) is 19.8 Å². The van der Waals surface area contributed by atoms with E-state index in [0.717, 1.165) is 17.9 Å². The molecule has 1 aromatic rings. The average Bonchev–Trinajstić information content (AvgIpc) is 2.55. The maximum Gasteiger partial charge on any atom is 0.0897 e. The van der Waals surface area contributed by atoms with Gasteiger partial charge in [-0.25, -0.2) is 0 Å². The summed E-state index contributed by atoms with van der Waals surface area (Å²) in [5.74, 6) is 0.501. The fourth-order valence-electron chi connectivity index (χ4n) is 1.94. The second-order valence-corrected chi connectivity index (χ2v) is 5.49. The fourth-order valence-corrected chi connectivity index (χ4v) is 1.94. The molecule has 0 radical (unpaired) electrons. The molecule has 1 heterocycles. The van der Waals surface area contributed by atoms with Crippen LogP contribution >= 0.6 is 0 Å². The molecule has 0 fully saturated rings. The predicted octanol–water partition coefficient (Wildman–Crippen LogP) is 1.16. The lowest BCUT2D eigenvalue weighted by Gasteiger charge is -2.13. The molecule has 1 atom stereocenters. The summed E-state index contributed by atoms with van der Waals surface area (Å²) in [4.78, 5) is 0. The van der Waals surface area contributed by atoms with Gasteiger partial charge in [0.2, 0.25) is 0 Å². The number of aliphatic hydroxyl groups is 1. The van der Waals surface area contributed by atoms with Crippen molar-refractivity contribution < 1.29 is 9.84 Å². The average molecular weight is 269 g/mol. The molecule has 19 heavy (non-hydrogen) atoms. The summed E-state index contributed by atoms with van der Waals surface area (Å²) in [5.41, 5.74) is 3.41. The van der Waals surface area contributed by atoms with E-state index in [9.17, 15) is 5.11 Å². The topological polar surface area (TPSA) is 59.3 Å². The summed E-state index contributed by atoms with van der Waals surface area (Å²) < 4.78 is 7.29. The van der Waals surface area contributed by atoms with Gasteiger partial charge in [0.1, 0.15) is 0 Å². The molecular weight excluding hydrogens is 242 g/mol. The number of hydrogen-bond donors (Lipinski definition) is 2. The van der Waals surface area contributed by atoms with Crippen molar-refractivity contribution in [3.05, 3.63) is 17.0 Å². The molecule has 0 aliphatic rings. The lowest BCUT2D eigenvalue weighted by molar-refractivity contribution is 0.0260. The van der Waals surface area contributed by atoms with Gasteiger partial charge in [-0.1, -0.05) is 13.8 Å². The lowest BCUT2D eigenvalue weighted by atomic mass is 10.2. The third-order valence-corrected chi connectivity index (χ3v) is 3.10. The van der Waals surface area contributed by atoms with Crippen LogP contribution in [-0.4, -0.2) is 40.7 Å². The monoisotopic (exact) mass is 269 g/mol. The number of nitrogens with zero attached hydrogens (tertiary/aromatic N) is 2. The maximum absolute atomic E-state index is 9.78. The van der Waals surface area contributed by atoms with Crippen LogP contribution in [0, 0.1) is 19.8 Å². The number of aromatic nitrogens is 2. The number of aliphatic hydroxyl groups excluding tert-OH is 1. The highest BCUT2D eigenvalue weighted by Crippen LogP contribution is 2.10. The van der Waals surface area contributed by atoms with Crippen LogP contribution in [0.5, 0.6) is 0 Å². The Morgan fingerprint density at radius 3 is 2.53 bits per heavy atom. The van der Waals surface area contributed by atoms with E-state index >= 15 is 0 Å². The Balaban J connectivity index is 2.26. The van der Waals surface area contributed by atoms with E-state index in [1.807, 2.05) is 18.7 Å². The normalized spacial score (nSPS) is 13.2. The Morgan fingerprint density at radius 1 is 1.32 bits per heavy atom. The van der Waals surface area contributed by atoms with Crippen molar-refractivity contribution in [1.82, 2.24) is 15.1 Å². The van der Waals surface area contributed by atoms with Gasteiger partial charge in [-0.3, -0.25) is 4.68 Å². The van der Waals surface area contributed by atoms with Crippen LogP contribution in [0.2, 0.25) is 0 Å². The molecule has 0 bridgehead atoms. The molecule has 0 aromatic carbocycles. The summed E-state index contributed by atoms with van der Waals surface area (Å²) in [6, 6.07) is 0. The molecule has 0 spiro atoms. The van der Waals surface area contributed by atoms with Crippen molar-refractivity contribution in [3.63, 3.8) is 0 Å². The van der Waals surface area contributed by atoms with Gasteiger partial charge in [0, 0.05) is 38.0 Å². The van der Waals surface area contributed by atoms with Crippen molar-refractivity contribution in [2.45, 2.75) is 40.3 Å². The van der Waals surface area contributed by atoms with Crippen LogP contribution in [0.1, 0.15) is 30.8 Å². The lowest BCUT2D eigenvalue weighted by Crippen LogP contribution is -2.30. The molecule has 5 heteroatoms. The Bertz CT molecular complexity index is 388. The Morgan fingerprint density at radius 2 is 2.00 bits per heavy atom. The van der Waals surface area contributed by atoms with Gasteiger partial charge in [0.25, 0.3) is 0 Å². The SMILES string of the molecule is Cc1nn(C)c(C)c1CNCC(O)COCC(C)C. The molecule has 110 valence electrons. The third-order valence-electron chi connectivity index (χ3n) is 3.10. The molecule has 2 N–H and O–H groups in total. The second-order valence-electron chi connectivity index (χ2n) is 5.49. The maximum atomic E-state index is 9.78. The van der Waals surface area contributed by atoms with Gasteiger partial charge < -0.3 is 15.2 Å². The smallest absolute Gasteiger partial charge is 0.0897 e. The summed E-state index contributed by atoms with van der Waals surface area (Å²) in [6.45, 7) is 10.6. The van der Waals surface area contributed by atoms with Crippen LogP contribution in [0.3, 0.4) is 0 Å². The van der Waals surface area contributed by atoms with Crippen molar-refractivity contribution in [2.24, 2.45) is 13.0 Å². The first-order chi connectivity index (χ1) is 8.91. The second kappa shape index (κ2) is 7.62. The van der Waals surface area contributed by atoms with Crippen LogP contribution in [0.4, 0.5) is 0 Å². The molecule has 0 amide bonds. The molecule has 1 unspecified atom stereocenters. The van der Waals surface area contributed by atoms with Crippen LogP contribution in [-0.2, 0) is 18.3 Å². The van der Waals surface area contributed by atoms with Gasteiger partial charge in [-0.15, -0.1) is 0 Å². The molecule has 0 aliphatic heterocycles. The van der Waals surface area contributed by atoms with Crippen molar-refractivity contribution in [3.8, 4) is 0 Å². The van der Waals surface area contributed by atoms with Crippen LogP contribution in [0.15, 0.2) is 0 Å². The molecule has 0 saturated heterocycles.